The van der Waals surface area contributed by atoms with E-state index in [1.165, 1.54) is 0 Å². The molecule has 0 radical (unpaired) electrons. The topological polar surface area (TPSA) is 37.8 Å². The highest BCUT2D eigenvalue weighted by Crippen LogP contribution is 2.33. The van der Waals surface area contributed by atoms with E-state index in [1.807, 2.05) is 30.3 Å². The van der Waals surface area contributed by atoms with E-state index < -0.39 is 11.2 Å². The van der Waals surface area contributed by atoms with E-state index in [0.29, 0.717) is 17.9 Å². The first-order valence-electron chi connectivity index (χ1n) is 4.74. The second-order valence-corrected chi connectivity index (χ2v) is 4.23. The maximum absolute atomic E-state index is 12.2. The minimum atomic E-state index is -4.43. The number of nitrogens with one attached hydrogen (secondary N) is 1. The normalized spacial score (nSPS) is 11.5. The largest absolute Gasteiger partial charge is 0.445 e. The van der Waals surface area contributed by atoms with E-state index >= 15 is 0 Å². The molecular weight excluding hydrogens is 251 g/mol. The van der Waals surface area contributed by atoms with Gasteiger partial charge in [-0.05, 0) is 5.56 Å². The zero-order valence-electron chi connectivity index (χ0n) is 8.53. The molecule has 0 bridgehead atoms. The minimum absolute atomic E-state index is 0.168. The Bertz CT molecular complexity index is 481. The van der Waals surface area contributed by atoms with Gasteiger partial charge in [-0.25, -0.2) is 0 Å². The predicted molar refractivity (Wildman–Crippen MR) is 58.7 cm³/mol. The minimum Gasteiger partial charge on any atom is -0.356 e. The summed E-state index contributed by atoms with van der Waals surface area (Å²) in [5.74, 6) is 0. The number of hydrogen-bond acceptors (Lipinski definition) is 4. The number of benzene rings is 1. The molecule has 0 aliphatic heterocycles. The second kappa shape index (κ2) is 4.70. The molecule has 0 saturated heterocycles. The number of rotatable bonds is 3. The van der Waals surface area contributed by atoms with Crippen LogP contribution in [-0.2, 0) is 12.7 Å². The van der Waals surface area contributed by atoms with Crippen LogP contribution in [0.2, 0.25) is 0 Å². The monoisotopic (exact) mass is 259 g/mol. The Balaban J connectivity index is 1.99. The van der Waals surface area contributed by atoms with Gasteiger partial charge in [-0.15, -0.1) is 10.2 Å². The number of anilines is 1. The van der Waals surface area contributed by atoms with Crippen molar-refractivity contribution in [3.63, 3.8) is 0 Å². The molecule has 2 aromatic rings. The first kappa shape index (κ1) is 11.8. The van der Waals surface area contributed by atoms with Crippen LogP contribution in [0.3, 0.4) is 0 Å². The Kier molecular flexibility index (Phi) is 3.28. The van der Waals surface area contributed by atoms with Crippen molar-refractivity contribution in [1.82, 2.24) is 10.2 Å². The van der Waals surface area contributed by atoms with Crippen LogP contribution < -0.4 is 5.32 Å². The third kappa shape index (κ3) is 3.16. The van der Waals surface area contributed by atoms with Crippen molar-refractivity contribution in [3.8, 4) is 0 Å². The van der Waals surface area contributed by atoms with Gasteiger partial charge in [-0.1, -0.05) is 41.7 Å². The van der Waals surface area contributed by atoms with Gasteiger partial charge in [0.05, 0.1) is 0 Å². The van der Waals surface area contributed by atoms with Crippen molar-refractivity contribution in [2.45, 2.75) is 12.7 Å². The van der Waals surface area contributed by atoms with E-state index in [2.05, 4.69) is 15.5 Å². The zero-order chi connectivity index (χ0) is 12.3. The Morgan fingerprint density at radius 1 is 1.12 bits per heavy atom. The smallest absolute Gasteiger partial charge is 0.356 e. The van der Waals surface area contributed by atoms with Gasteiger partial charge in [0, 0.05) is 6.54 Å². The van der Waals surface area contributed by atoms with Crippen LogP contribution in [0.4, 0.5) is 18.3 Å². The Labute approximate surface area is 99.3 Å². The molecule has 0 amide bonds. The van der Waals surface area contributed by atoms with Gasteiger partial charge < -0.3 is 5.32 Å². The van der Waals surface area contributed by atoms with Crippen LogP contribution in [-0.4, -0.2) is 10.2 Å². The van der Waals surface area contributed by atoms with Crippen LogP contribution in [0.1, 0.15) is 10.6 Å². The van der Waals surface area contributed by atoms with Gasteiger partial charge >= 0.3 is 6.18 Å². The lowest BCUT2D eigenvalue weighted by atomic mass is 10.2. The zero-order valence-corrected chi connectivity index (χ0v) is 9.35. The third-order valence-electron chi connectivity index (χ3n) is 1.95. The summed E-state index contributed by atoms with van der Waals surface area (Å²) in [5, 5.41) is 8.54. The molecule has 0 aliphatic carbocycles. The summed E-state index contributed by atoms with van der Waals surface area (Å²) in [7, 11) is 0. The predicted octanol–water partition coefficient (Wildman–Crippen LogP) is 3.17. The Morgan fingerprint density at radius 2 is 1.82 bits per heavy atom. The lowest BCUT2D eigenvalue weighted by molar-refractivity contribution is -0.138. The van der Waals surface area contributed by atoms with E-state index in [1.54, 1.807) is 0 Å². The summed E-state index contributed by atoms with van der Waals surface area (Å²) >= 11 is 0.501. The molecule has 17 heavy (non-hydrogen) atoms. The molecule has 1 heterocycles. The summed E-state index contributed by atoms with van der Waals surface area (Å²) in [4.78, 5) is 0. The average Bonchev–Trinajstić information content (AvgIpc) is 2.76. The van der Waals surface area contributed by atoms with E-state index in [4.69, 9.17) is 0 Å². The number of alkyl halides is 3. The molecule has 1 N–H and O–H groups in total. The van der Waals surface area contributed by atoms with Crippen LogP contribution in [0.25, 0.3) is 0 Å². The van der Waals surface area contributed by atoms with E-state index in [0.717, 1.165) is 5.56 Å². The van der Waals surface area contributed by atoms with E-state index in [-0.39, 0.29) is 5.13 Å². The Hall–Kier alpha value is -1.63. The van der Waals surface area contributed by atoms with Crippen molar-refractivity contribution < 1.29 is 13.2 Å². The van der Waals surface area contributed by atoms with Gasteiger partial charge in [-0.2, -0.15) is 13.2 Å². The van der Waals surface area contributed by atoms with Crippen LogP contribution >= 0.6 is 11.3 Å². The molecule has 90 valence electrons. The molecule has 0 atom stereocenters. The van der Waals surface area contributed by atoms with Crippen molar-refractivity contribution in [1.29, 1.82) is 0 Å². The molecule has 0 fully saturated rings. The van der Waals surface area contributed by atoms with Gasteiger partial charge in [0.2, 0.25) is 10.1 Å². The summed E-state index contributed by atoms with van der Waals surface area (Å²) in [5.41, 5.74) is 0.969. The maximum Gasteiger partial charge on any atom is 0.445 e. The van der Waals surface area contributed by atoms with Gasteiger partial charge in [0.25, 0.3) is 0 Å². The molecule has 3 nitrogen and oxygen atoms in total. The van der Waals surface area contributed by atoms with Crippen LogP contribution in [0.15, 0.2) is 30.3 Å². The SMILES string of the molecule is FC(F)(F)c1nnc(NCc2ccccc2)s1. The molecule has 7 heteroatoms. The quantitative estimate of drug-likeness (QED) is 0.920. The van der Waals surface area contributed by atoms with Crippen molar-refractivity contribution in [2.24, 2.45) is 0 Å². The maximum atomic E-state index is 12.2. The molecule has 0 aliphatic rings. The standard InChI is InChI=1S/C10H8F3N3S/c11-10(12,13)8-15-16-9(17-8)14-6-7-4-2-1-3-5-7/h1-5H,6H2,(H,14,16). The summed E-state index contributed by atoms with van der Waals surface area (Å²) < 4.78 is 36.7. The number of hydrogen-bond donors (Lipinski definition) is 1. The lowest BCUT2D eigenvalue weighted by Gasteiger charge is -2.01. The fourth-order valence-electron chi connectivity index (χ4n) is 1.18. The number of halogens is 3. The summed E-state index contributed by atoms with van der Waals surface area (Å²) in [6.45, 7) is 0.424. The first-order chi connectivity index (χ1) is 8.05. The highest BCUT2D eigenvalue weighted by atomic mass is 32.1. The molecule has 1 aromatic heterocycles. The third-order valence-corrected chi connectivity index (χ3v) is 2.88. The number of nitrogens with zero attached hydrogens (tertiary/aromatic N) is 2. The van der Waals surface area contributed by atoms with Crippen LogP contribution in [0, 0.1) is 0 Å². The van der Waals surface area contributed by atoms with Crippen molar-refractivity contribution in [2.75, 3.05) is 5.32 Å². The fourth-order valence-corrected chi connectivity index (χ4v) is 1.79. The highest BCUT2D eigenvalue weighted by molar-refractivity contribution is 7.15. The lowest BCUT2D eigenvalue weighted by Crippen LogP contribution is -2.03. The van der Waals surface area contributed by atoms with Crippen molar-refractivity contribution >= 4 is 16.5 Å². The molecule has 1 aromatic carbocycles. The van der Waals surface area contributed by atoms with Gasteiger partial charge in [0.15, 0.2) is 0 Å². The number of aromatic nitrogens is 2. The molecule has 0 spiro atoms. The molecular formula is C10H8F3N3S. The average molecular weight is 259 g/mol. The highest BCUT2D eigenvalue weighted by Gasteiger charge is 2.35. The summed E-state index contributed by atoms with van der Waals surface area (Å²) in [6.07, 6.45) is -4.43. The first-order valence-corrected chi connectivity index (χ1v) is 5.56. The van der Waals surface area contributed by atoms with Crippen molar-refractivity contribution in [3.05, 3.63) is 40.9 Å². The molecule has 0 saturated carbocycles. The molecule has 0 unspecified atom stereocenters. The molecule has 2 rings (SSSR count). The van der Waals surface area contributed by atoms with Crippen LogP contribution in [0.5, 0.6) is 0 Å². The Morgan fingerprint density at radius 3 is 2.41 bits per heavy atom. The van der Waals surface area contributed by atoms with Gasteiger partial charge in [-0.3, -0.25) is 0 Å². The fraction of sp³-hybridized carbons (Fsp3) is 0.200. The summed E-state index contributed by atoms with van der Waals surface area (Å²) in [6, 6.07) is 9.34. The van der Waals surface area contributed by atoms with E-state index in [9.17, 15) is 13.2 Å². The second-order valence-electron chi connectivity index (χ2n) is 3.25. The van der Waals surface area contributed by atoms with Gasteiger partial charge in [0.1, 0.15) is 0 Å².